The van der Waals surface area contributed by atoms with E-state index in [1.807, 2.05) is 0 Å². The van der Waals surface area contributed by atoms with Crippen LogP contribution >= 0.6 is 15.9 Å². The molecule has 0 aliphatic heterocycles. The minimum atomic E-state index is 0.126. The number of hydrogen-bond donors (Lipinski definition) is 0. The van der Waals surface area contributed by atoms with Crippen LogP contribution in [-0.4, -0.2) is 9.55 Å². The van der Waals surface area contributed by atoms with Crippen molar-refractivity contribution in [3.63, 3.8) is 0 Å². The van der Waals surface area contributed by atoms with Crippen LogP contribution in [-0.2, 0) is 5.41 Å². The first-order chi connectivity index (χ1) is 19.7. The maximum Gasteiger partial charge on any atom is 0.145 e. The average molecular weight is 582 g/mol. The van der Waals surface area contributed by atoms with Crippen LogP contribution in [0.3, 0.4) is 0 Å². The van der Waals surface area contributed by atoms with Crippen LogP contribution < -0.4 is 0 Å². The van der Waals surface area contributed by atoms with Gasteiger partial charge in [-0.3, -0.25) is 4.57 Å². The molecule has 1 fully saturated rings. The Kier molecular flexibility index (Phi) is 5.56. The number of rotatable bonds is 3. The molecule has 0 amide bonds. The van der Waals surface area contributed by atoms with Crippen LogP contribution in [0.15, 0.2) is 120 Å². The van der Waals surface area contributed by atoms with Gasteiger partial charge < -0.3 is 0 Å². The van der Waals surface area contributed by atoms with Crippen molar-refractivity contribution >= 4 is 27.0 Å². The van der Waals surface area contributed by atoms with Gasteiger partial charge in [-0.1, -0.05) is 108 Å². The molecule has 0 atom stereocenters. The SMILES string of the molecule is Brc1ccc2c(c1)C1(CCCCC1)c1cc(-c3cccc(-n4c(-c5ccccc5)nc5ccccc54)c3)ccc1-2. The van der Waals surface area contributed by atoms with Crippen molar-refractivity contribution < 1.29 is 0 Å². The first kappa shape index (κ1) is 23.9. The van der Waals surface area contributed by atoms with Gasteiger partial charge in [-0.15, -0.1) is 0 Å². The lowest BCUT2D eigenvalue weighted by Crippen LogP contribution is -2.28. The third kappa shape index (κ3) is 3.64. The number of benzene rings is 5. The van der Waals surface area contributed by atoms with E-state index >= 15 is 0 Å². The second kappa shape index (κ2) is 9.31. The molecule has 1 aromatic heterocycles. The summed E-state index contributed by atoms with van der Waals surface area (Å²) in [6, 6.07) is 42.0. The molecule has 6 aromatic rings. The Morgan fingerprint density at radius 1 is 0.600 bits per heavy atom. The summed E-state index contributed by atoms with van der Waals surface area (Å²) in [4.78, 5) is 5.06. The number of fused-ring (bicyclic) bond motifs is 6. The van der Waals surface area contributed by atoms with Gasteiger partial charge in [-0.05, 0) is 88.7 Å². The van der Waals surface area contributed by atoms with Crippen LogP contribution in [0.2, 0.25) is 0 Å². The van der Waals surface area contributed by atoms with E-state index in [-0.39, 0.29) is 5.41 Å². The number of aromatic nitrogens is 2. The number of hydrogen-bond acceptors (Lipinski definition) is 1. The molecule has 5 aromatic carbocycles. The summed E-state index contributed by atoms with van der Waals surface area (Å²) in [6.07, 6.45) is 6.38. The summed E-state index contributed by atoms with van der Waals surface area (Å²) in [7, 11) is 0. The molecule has 40 heavy (non-hydrogen) atoms. The molecule has 0 bridgehead atoms. The fourth-order valence-electron chi connectivity index (χ4n) is 7.23. The Bertz CT molecular complexity index is 1890. The van der Waals surface area contributed by atoms with E-state index < -0.39 is 0 Å². The number of imidazole rings is 1. The topological polar surface area (TPSA) is 17.8 Å². The summed E-state index contributed by atoms with van der Waals surface area (Å²) < 4.78 is 3.48. The zero-order chi connectivity index (χ0) is 26.7. The quantitative estimate of drug-likeness (QED) is 0.203. The van der Waals surface area contributed by atoms with Crippen LogP contribution in [0.25, 0.3) is 50.4 Å². The maximum absolute atomic E-state index is 5.06. The predicted octanol–water partition coefficient (Wildman–Crippen LogP) is 10.4. The van der Waals surface area contributed by atoms with Crippen molar-refractivity contribution in [3.05, 3.63) is 131 Å². The number of para-hydroxylation sites is 2. The number of nitrogens with zero attached hydrogens (tertiary/aromatic N) is 2. The molecule has 2 aliphatic carbocycles. The maximum atomic E-state index is 5.06. The van der Waals surface area contributed by atoms with Crippen LogP contribution in [0, 0.1) is 0 Å². The molecule has 3 heteroatoms. The predicted molar refractivity (Wildman–Crippen MR) is 169 cm³/mol. The largest absolute Gasteiger partial charge is 0.292 e. The molecule has 8 rings (SSSR count). The lowest BCUT2D eigenvalue weighted by molar-refractivity contribution is 0.353. The molecule has 0 saturated heterocycles. The fraction of sp³-hybridized carbons (Fsp3) is 0.162. The molecular weight excluding hydrogens is 552 g/mol. The zero-order valence-electron chi connectivity index (χ0n) is 22.3. The van der Waals surface area contributed by atoms with E-state index in [0.717, 1.165) is 28.1 Å². The van der Waals surface area contributed by atoms with E-state index in [1.54, 1.807) is 0 Å². The Hall–Kier alpha value is -3.95. The summed E-state index contributed by atoms with van der Waals surface area (Å²) in [5.74, 6) is 0.968. The Labute approximate surface area is 243 Å². The van der Waals surface area contributed by atoms with E-state index in [1.165, 1.54) is 70.0 Å². The van der Waals surface area contributed by atoms with E-state index in [9.17, 15) is 0 Å². The van der Waals surface area contributed by atoms with Crippen molar-refractivity contribution in [1.29, 1.82) is 0 Å². The molecule has 1 spiro atoms. The monoisotopic (exact) mass is 580 g/mol. The summed E-state index contributed by atoms with van der Waals surface area (Å²) in [5.41, 5.74) is 12.9. The first-order valence-corrected chi connectivity index (χ1v) is 15.1. The second-order valence-electron chi connectivity index (χ2n) is 11.3. The van der Waals surface area contributed by atoms with E-state index in [2.05, 4.69) is 136 Å². The highest BCUT2D eigenvalue weighted by atomic mass is 79.9. The lowest BCUT2D eigenvalue weighted by Gasteiger charge is -2.36. The Morgan fingerprint density at radius 2 is 1.30 bits per heavy atom. The van der Waals surface area contributed by atoms with Gasteiger partial charge >= 0.3 is 0 Å². The van der Waals surface area contributed by atoms with Crippen molar-refractivity contribution in [3.8, 4) is 39.3 Å². The van der Waals surface area contributed by atoms with Gasteiger partial charge in [0.1, 0.15) is 5.82 Å². The van der Waals surface area contributed by atoms with Gasteiger partial charge in [0.25, 0.3) is 0 Å². The van der Waals surface area contributed by atoms with Gasteiger partial charge in [-0.2, -0.15) is 0 Å². The second-order valence-corrected chi connectivity index (χ2v) is 12.2. The molecular formula is C37H29BrN2. The Balaban J connectivity index is 1.28. The van der Waals surface area contributed by atoms with Crippen LogP contribution in [0.4, 0.5) is 0 Å². The standard InChI is InChI=1S/C37H29BrN2/c38-28-17-19-31-30-18-16-27(23-32(30)37(33(31)24-28)20-7-2-8-21-37)26-12-9-13-29(22-26)40-35-15-6-5-14-34(35)39-36(40)25-10-3-1-4-11-25/h1,3-6,9-19,22-24H,2,7-8,20-21H2. The zero-order valence-corrected chi connectivity index (χ0v) is 23.9. The summed E-state index contributed by atoms with van der Waals surface area (Å²) in [5, 5.41) is 0. The Morgan fingerprint density at radius 3 is 2.15 bits per heavy atom. The van der Waals surface area contributed by atoms with Crippen molar-refractivity contribution in [2.24, 2.45) is 0 Å². The highest BCUT2D eigenvalue weighted by Gasteiger charge is 2.43. The van der Waals surface area contributed by atoms with Gasteiger partial charge in [-0.25, -0.2) is 4.98 Å². The molecule has 0 radical (unpaired) electrons. The molecule has 0 N–H and O–H groups in total. The minimum Gasteiger partial charge on any atom is -0.292 e. The summed E-state index contributed by atoms with van der Waals surface area (Å²) >= 11 is 3.77. The smallest absolute Gasteiger partial charge is 0.145 e. The highest BCUT2D eigenvalue weighted by molar-refractivity contribution is 9.10. The molecule has 1 heterocycles. The van der Waals surface area contributed by atoms with Crippen LogP contribution in [0.5, 0.6) is 0 Å². The molecule has 194 valence electrons. The molecule has 1 saturated carbocycles. The van der Waals surface area contributed by atoms with E-state index in [0.29, 0.717) is 0 Å². The average Bonchev–Trinajstić information content (AvgIpc) is 3.52. The van der Waals surface area contributed by atoms with Crippen molar-refractivity contribution in [1.82, 2.24) is 9.55 Å². The fourth-order valence-corrected chi connectivity index (χ4v) is 7.59. The van der Waals surface area contributed by atoms with Crippen molar-refractivity contribution in [2.75, 3.05) is 0 Å². The summed E-state index contributed by atoms with van der Waals surface area (Å²) in [6.45, 7) is 0. The van der Waals surface area contributed by atoms with Crippen molar-refractivity contribution in [2.45, 2.75) is 37.5 Å². The van der Waals surface area contributed by atoms with E-state index in [4.69, 9.17) is 4.98 Å². The third-order valence-electron chi connectivity index (χ3n) is 9.06. The van der Waals surface area contributed by atoms with Gasteiger partial charge in [0.2, 0.25) is 0 Å². The first-order valence-electron chi connectivity index (χ1n) is 14.3. The van der Waals surface area contributed by atoms with Gasteiger partial charge in [0.15, 0.2) is 0 Å². The van der Waals surface area contributed by atoms with Gasteiger partial charge in [0, 0.05) is 21.1 Å². The normalized spacial score (nSPS) is 15.3. The molecule has 0 unspecified atom stereocenters. The molecule has 2 nitrogen and oxygen atoms in total. The highest BCUT2D eigenvalue weighted by Crippen LogP contribution is 2.56. The minimum absolute atomic E-state index is 0.126. The molecule has 2 aliphatic rings. The van der Waals surface area contributed by atoms with Crippen LogP contribution in [0.1, 0.15) is 43.2 Å². The van der Waals surface area contributed by atoms with Gasteiger partial charge in [0.05, 0.1) is 11.0 Å². The lowest BCUT2D eigenvalue weighted by atomic mass is 9.67. The third-order valence-corrected chi connectivity index (χ3v) is 9.55. The number of halogens is 1.